The lowest BCUT2D eigenvalue weighted by Crippen LogP contribution is -2.13. The highest BCUT2D eigenvalue weighted by atomic mass is 16.5. The first-order valence-corrected chi connectivity index (χ1v) is 30.0. The molecule has 1 aliphatic rings. The standard InChI is InChI=1S/C48H56O12.4C6H7N/c1-5-9-13-57-41-29-17-31-23-38(46(51)52)25-33(42(31)58-14-10-6-2)19-35-27-40(48(55)56)28-36(44(35)60-16-12-8-4)20-34-26-39(47(53)54)24-32(43(34)59-15-11-7-3)18-30(41)22-37(21-29)45(49)50;4*1-6-3-2-4-7-5-6/h21-28H,5-20H2,1-4H3,(H,49,50)(H,51,52)(H,53,54)(H,55,56);4*2-5H,1H3. The number of fused-ring (bicyclic) bond motifs is 8. The maximum Gasteiger partial charge on any atom is 0.335 e. The molecule has 0 aliphatic heterocycles. The summed E-state index contributed by atoms with van der Waals surface area (Å²) in [4.78, 5) is 66.7. The highest BCUT2D eigenvalue weighted by molar-refractivity contribution is 5.91. The van der Waals surface area contributed by atoms with Crippen molar-refractivity contribution in [1.82, 2.24) is 19.9 Å². The number of nitrogens with zero attached hydrogens (tertiary/aromatic N) is 4. The van der Waals surface area contributed by atoms with Crippen LogP contribution >= 0.6 is 0 Å². The zero-order chi connectivity index (χ0) is 63.8. The lowest BCUT2D eigenvalue weighted by atomic mass is 9.88. The van der Waals surface area contributed by atoms with E-state index in [0.717, 1.165) is 25.7 Å². The van der Waals surface area contributed by atoms with Crippen LogP contribution in [0.15, 0.2) is 147 Å². The second kappa shape index (κ2) is 37.2. The summed E-state index contributed by atoms with van der Waals surface area (Å²) in [5, 5.41) is 41.8. The topological polar surface area (TPSA) is 238 Å². The first-order valence-electron chi connectivity index (χ1n) is 30.0. The number of aryl methyl sites for hydroxylation is 4. The molecule has 0 amide bonds. The number of pyridine rings is 4. The lowest BCUT2D eigenvalue weighted by molar-refractivity contribution is 0.0685. The number of hydrogen-bond donors (Lipinski definition) is 4. The van der Waals surface area contributed by atoms with Crippen LogP contribution < -0.4 is 18.9 Å². The zero-order valence-corrected chi connectivity index (χ0v) is 52.0. The molecule has 464 valence electrons. The molecule has 0 saturated carbocycles. The van der Waals surface area contributed by atoms with Gasteiger partial charge in [-0.05, 0) is 193 Å². The molecule has 0 spiro atoms. The minimum absolute atomic E-state index is 0.0195. The summed E-state index contributed by atoms with van der Waals surface area (Å²) in [6.45, 7) is 17.4. The predicted molar refractivity (Wildman–Crippen MR) is 342 cm³/mol. The number of aromatic nitrogens is 4. The molecule has 0 atom stereocenters. The SMILES string of the molecule is CCCCOc1c2cc(C(=O)O)cc1Cc1cc(C(=O)O)cc(c1OCCCC)Cc1cc(C(=O)O)cc(c1OCCCC)Cc1cc(C(=O)O)cc(c1OCCCC)C2.Cc1cccnc1.Cc1cccnc1.Cc1cccnc1.Cc1cccnc1. The van der Waals surface area contributed by atoms with E-state index in [1.54, 1.807) is 24.8 Å². The van der Waals surface area contributed by atoms with Crippen molar-refractivity contribution in [3.63, 3.8) is 0 Å². The number of carbonyl (C=O) groups is 4. The molecule has 4 aromatic heterocycles. The van der Waals surface area contributed by atoms with Crippen LogP contribution in [-0.4, -0.2) is 90.7 Å². The Morgan fingerprint density at radius 3 is 0.636 bits per heavy atom. The van der Waals surface area contributed by atoms with Crippen LogP contribution in [0.5, 0.6) is 23.0 Å². The average Bonchev–Trinajstić information content (AvgIpc) is 1.09. The van der Waals surface area contributed by atoms with Crippen molar-refractivity contribution >= 4 is 23.9 Å². The molecule has 16 heteroatoms. The average molecular weight is 1200 g/mol. The van der Waals surface area contributed by atoms with Gasteiger partial charge in [-0.3, -0.25) is 19.9 Å². The maximum atomic E-state index is 12.8. The molecule has 4 N–H and O–H groups in total. The van der Waals surface area contributed by atoms with E-state index in [9.17, 15) is 39.6 Å². The molecular formula is C72H84N4O12. The van der Waals surface area contributed by atoms with E-state index in [-0.39, 0.29) is 47.9 Å². The molecular weight excluding hydrogens is 1110 g/mol. The summed E-state index contributed by atoms with van der Waals surface area (Å²) in [6.07, 6.45) is 20.6. The van der Waals surface area contributed by atoms with Crippen LogP contribution in [0.4, 0.5) is 0 Å². The smallest absolute Gasteiger partial charge is 0.335 e. The Morgan fingerprint density at radius 1 is 0.341 bits per heavy atom. The fourth-order valence-corrected chi connectivity index (χ4v) is 9.19. The largest absolute Gasteiger partial charge is 0.493 e. The van der Waals surface area contributed by atoms with Crippen LogP contribution in [0.3, 0.4) is 0 Å². The van der Waals surface area contributed by atoms with Crippen molar-refractivity contribution in [2.24, 2.45) is 0 Å². The Morgan fingerprint density at radius 2 is 0.523 bits per heavy atom. The van der Waals surface area contributed by atoms with Gasteiger partial charge in [0.05, 0.1) is 48.7 Å². The third-order valence-electron chi connectivity index (χ3n) is 13.7. The van der Waals surface area contributed by atoms with E-state index in [1.165, 1.54) is 70.8 Å². The van der Waals surface area contributed by atoms with E-state index >= 15 is 0 Å². The van der Waals surface area contributed by atoms with Gasteiger partial charge in [-0.15, -0.1) is 0 Å². The molecule has 8 aromatic rings. The molecule has 0 radical (unpaired) electrons. The number of hydrogen-bond acceptors (Lipinski definition) is 12. The lowest BCUT2D eigenvalue weighted by Gasteiger charge is -2.24. The van der Waals surface area contributed by atoms with Crippen LogP contribution in [0.1, 0.15) is 187 Å². The van der Waals surface area contributed by atoms with Gasteiger partial charge in [0, 0.05) is 75.3 Å². The quantitative estimate of drug-likeness (QED) is 0.0519. The first kappa shape index (κ1) is 69.3. The Balaban J connectivity index is 0.000000403. The fraction of sp³-hybridized carbons (Fsp3) is 0.333. The van der Waals surface area contributed by atoms with Crippen LogP contribution in [0.2, 0.25) is 0 Å². The van der Waals surface area contributed by atoms with E-state index in [0.29, 0.717) is 120 Å². The van der Waals surface area contributed by atoms with Gasteiger partial charge in [-0.2, -0.15) is 0 Å². The molecule has 8 bridgehead atoms. The van der Waals surface area contributed by atoms with E-state index in [2.05, 4.69) is 19.9 Å². The minimum Gasteiger partial charge on any atom is -0.493 e. The number of unbranched alkanes of at least 4 members (excludes halogenated alkanes) is 4. The molecule has 4 aromatic carbocycles. The van der Waals surface area contributed by atoms with Crippen molar-refractivity contribution < 1.29 is 58.6 Å². The van der Waals surface area contributed by atoms with E-state index in [4.69, 9.17) is 18.9 Å². The second-order valence-corrected chi connectivity index (χ2v) is 21.4. The fourth-order valence-electron chi connectivity index (χ4n) is 9.19. The monoisotopic (exact) mass is 1200 g/mol. The molecule has 0 fully saturated rings. The van der Waals surface area contributed by atoms with Gasteiger partial charge in [0.2, 0.25) is 0 Å². The molecule has 0 unspecified atom stereocenters. The molecule has 9 rings (SSSR count). The molecule has 1 aliphatic carbocycles. The maximum absolute atomic E-state index is 12.8. The summed E-state index contributed by atoms with van der Waals surface area (Å²) in [5.74, 6) is -3.11. The van der Waals surface area contributed by atoms with Crippen molar-refractivity contribution in [2.75, 3.05) is 26.4 Å². The highest BCUT2D eigenvalue weighted by Gasteiger charge is 2.27. The number of ether oxygens (including phenoxy) is 4. The van der Waals surface area contributed by atoms with Gasteiger partial charge in [0.25, 0.3) is 0 Å². The van der Waals surface area contributed by atoms with E-state index in [1.807, 2.05) is 129 Å². The minimum atomic E-state index is -1.19. The zero-order valence-electron chi connectivity index (χ0n) is 52.0. The van der Waals surface area contributed by atoms with Gasteiger partial charge in [-0.25, -0.2) is 19.2 Å². The Kier molecular flexibility index (Phi) is 29.3. The first-order chi connectivity index (χ1) is 42.5. The van der Waals surface area contributed by atoms with Gasteiger partial charge >= 0.3 is 23.9 Å². The predicted octanol–water partition coefficient (Wildman–Crippen LogP) is 15.4. The van der Waals surface area contributed by atoms with Crippen molar-refractivity contribution in [3.05, 3.63) is 236 Å². The summed E-state index contributed by atoms with van der Waals surface area (Å²) in [7, 11) is 0. The number of rotatable bonds is 20. The Bertz CT molecular complexity index is 2920. The van der Waals surface area contributed by atoms with Crippen molar-refractivity contribution in [1.29, 1.82) is 0 Å². The summed E-state index contributed by atoms with van der Waals surface area (Å²) in [5.41, 5.74) is 8.54. The van der Waals surface area contributed by atoms with Gasteiger partial charge < -0.3 is 39.4 Å². The van der Waals surface area contributed by atoms with Gasteiger partial charge in [0.15, 0.2) is 0 Å². The van der Waals surface area contributed by atoms with Gasteiger partial charge in [0.1, 0.15) is 23.0 Å². The number of benzene rings is 4. The summed E-state index contributed by atoms with van der Waals surface area (Å²) >= 11 is 0. The Labute approximate surface area is 517 Å². The highest BCUT2D eigenvalue weighted by Crippen LogP contribution is 2.41. The third kappa shape index (κ3) is 22.8. The van der Waals surface area contributed by atoms with Gasteiger partial charge in [-0.1, -0.05) is 77.6 Å². The number of carboxylic acid groups (broad SMARTS) is 4. The van der Waals surface area contributed by atoms with Crippen molar-refractivity contribution in [3.8, 4) is 23.0 Å². The molecule has 4 heterocycles. The van der Waals surface area contributed by atoms with Crippen LogP contribution in [-0.2, 0) is 25.7 Å². The third-order valence-corrected chi connectivity index (χ3v) is 13.7. The molecule has 88 heavy (non-hydrogen) atoms. The van der Waals surface area contributed by atoms with Crippen molar-refractivity contribution in [2.45, 2.75) is 132 Å². The van der Waals surface area contributed by atoms with Crippen LogP contribution in [0.25, 0.3) is 0 Å². The van der Waals surface area contributed by atoms with E-state index < -0.39 is 23.9 Å². The second-order valence-electron chi connectivity index (χ2n) is 21.4. The normalized spacial score (nSPS) is 11.0. The molecule has 16 nitrogen and oxygen atoms in total. The number of carboxylic acids is 4. The Hall–Kier alpha value is -9.44. The number of aromatic carboxylic acids is 4. The summed E-state index contributed by atoms with van der Waals surface area (Å²) < 4.78 is 26.1. The summed E-state index contributed by atoms with van der Waals surface area (Å²) in [6, 6.07) is 28.0. The van der Waals surface area contributed by atoms with Crippen LogP contribution in [0, 0.1) is 27.7 Å². The molecule has 0 saturated heterocycles.